The van der Waals surface area contributed by atoms with Gasteiger partial charge in [-0.1, -0.05) is 13.8 Å². The first-order valence-electron chi connectivity index (χ1n) is 7.05. The average molecular weight is 265 g/mol. The van der Waals surface area contributed by atoms with Crippen LogP contribution in [0.2, 0.25) is 0 Å². The predicted molar refractivity (Wildman–Crippen MR) is 75.6 cm³/mol. The Kier molecular flexibility index (Phi) is 4.58. The number of nitrogens with one attached hydrogen (secondary N) is 2. The van der Waals surface area contributed by atoms with Crippen molar-refractivity contribution >= 4 is 5.82 Å². The van der Waals surface area contributed by atoms with Crippen molar-refractivity contribution in [2.24, 2.45) is 5.92 Å². The van der Waals surface area contributed by atoms with E-state index >= 15 is 0 Å². The molecule has 1 aromatic rings. The minimum absolute atomic E-state index is 0.0849. The van der Waals surface area contributed by atoms with Gasteiger partial charge in [-0.2, -0.15) is 0 Å². The molecule has 106 valence electrons. The molecule has 1 aliphatic rings. The largest absolute Gasteiger partial charge is 0.380 e. The third-order valence-electron chi connectivity index (χ3n) is 3.36. The molecular weight excluding hydrogens is 242 g/mol. The van der Waals surface area contributed by atoms with Crippen molar-refractivity contribution in [2.75, 3.05) is 18.5 Å². The monoisotopic (exact) mass is 265 g/mol. The average Bonchev–Trinajstić information content (AvgIpc) is 3.17. The van der Waals surface area contributed by atoms with Crippen LogP contribution in [0.4, 0.5) is 5.82 Å². The van der Waals surface area contributed by atoms with E-state index in [2.05, 4.69) is 29.1 Å². The second-order valence-electron chi connectivity index (χ2n) is 5.44. The van der Waals surface area contributed by atoms with Gasteiger partial charge in [-0.25, -0.2) is 4.98 Å². The van der Waals surface area contributed by atoms with Crippen molar-refractivity contribution < 1.29 is 4.74 Å². The van der Waals surface area contributed by atoms with Crippen LogP contribution in [0.5, 0.6) is 0 Å². The maximum atomic E-state index is 11.6. The number of aromatic amines is 1. The fraction of sp³-hybridized carbons (Fsp3) is 0.714. The van der Waals surface area contributed by atoms with E-state index in [1.54, 1.807) is 0 Å². The van der Waals surface area contributed by atoms with Crippen LogP contribution in [0.15, 0.2) is 10.9 Å². The lowest BCUT2D eigenvalue weighted by molar-refractivity contribution is 0.126. The van der Waals surface area contributed by atoms with Gasteiger partial charge >= 0.3 is 0 Å². The zero-order chi connectivity index (χ0) is 13.8. The molecule has 2 N–H and O–H groups in total. The summed E-state index contributed by atoms with van der Waals surface area (Å²) in [6.07, 6.45) is 2.25. The molecule has 1 aromatic heterocycles. The summed E-state index contributed by atoms with van der Waals surface area (Å²) in [5.41, 5.74) is -0.0849. The number of rotatable bonds is 7. The smallest absolute Gasteiger partial charge is 0.252 e. The Hall–Kier alpha value is -1.36. The molecule has 1 saturated carbocycles. The minimum Gasteiger partial charge on any atom is -0.380 e. The van der Waals surface area contributed by atoms with E-state index in [-0.39, 0.29) is 11.6 Å². The Morgan fingerprint density at radius 2 is 2.26 bits per heavy atom. The number of nitrogens with zero attached hydrogens (tertiary/aromatic N) is 1. The Labute approximate surface area is 113 Å². The number of hydrogen-bond donors (Lipinski definition) is 2. The quantitative estimate of drug-likeness (QED) is 0.792. The molecule has 0 radical (unpaired) electrons. The molecule has 0 aromatic carbocycles. The van der Waals surface area contributed by atoms with Gasteiger partial charge in [0, 0.05) is 18.6 Å². The van der Waals surface area contributed by atoms with Crippen LogP contribution in [-0.4, -0.2) is 29.2 Å². The normalized spacial score (nSPS) is 16.6. The second-order valence-corrected chi connectivity index (χ2v) is 5.44. The number of hydrogen-bond acceptors (Lipinski definition) is 4. The third-order valence-corrected chi connectivity index (χ3v) is 3.36. The van der Waals surface area contributed by atoms with E-state index < -0.39 is 0 Å². The fourth-order valence-corrected chi connectivity index (χ4v) is 1.94. The topological polar surface area (TPSA) is 67.0 Å². The van der Waals surface area contributed by atoms with Gasteiger partial charge < -0.3 is 15.0 Å². The van der Waals surface area contributed by atoms with Crippen LogP contribution < -0.4 is 10.9 Å². The molecule has 0 spiro atoms. The molecule has 0 amide bonds. The van der Waals surface area contributed by atoms with E-state index in [1.165, 1.54) is 6.07 Å². The maximum Gasteiger partial charge on any atom is 0.252 e. The lowest BCUT2D eigenvalue weighted by Gasteiger charge is -2.22. The first-order chi connectivity index (χ1) is 9.10. The zero-order valence-corrected chi connectivity index (χ0v) is 11.9. The van der Waals surface area contributed by atoms with Gasteiger partial charge in [0.15, 0.2) is 0 Å². The Morgan fingerprint density at radius 1 is 1.53 bits per heavy atom. The zero-order valence-electron chi connectivity index (χ0n) is 11.9. The maximum absolute atomic E-state index is 11.6. The van der Waals surface area contributed by atoms with Crippen LogP contribution >= 0.6 is 0 Å². The predicted octanol–water partition coefficient (Wildman–Crippen LogP) is 2.12. The summed E-state index contributed by atoms with van der Waals surface area (Å²) in [5.74, 6) is 2.33. The Balaban J connectivity index is 2.09. The van der Waals surface area contributed by atoms with Gasteiger partial charge in [-0.05, 0) is 25.7 Å². The molecule has 0 saturated heterocycles. The Bertz CT molecular complexity index is 466. The standard InChI is InChI=1S/C14H23N3O2/c1-4-19-8-11(9(2)3)15-12-7-13(18)17-14(16-12)10-5-6-10/h7,9-11H,4-6,8H2,1-3H3,(H2,15,16,17,18). The molecule has 1 atom stereocenters. The van der Waals surface area contributed by atoms with Crippen LogP contribution in [0.1, 0.15) is 45.4 Å². The summed E-state index contributed by atoms with van der Waals surface area (Å²) >= 11 is 0. The molecule has 5 nitrogen and oxygen atoms in total. The summed E-state index contributed by atoms with van der Waals surface area (Å²) in [6.45, 7) is 7.56. The van der Waals surface area contributed by atoms with Gasteiger partial charge in [0.2, 0.25) is 0 Å². The molecule has 1 unspecified atom stereocenters. The molecule has 0 bridgehead atoms. The summed E-state index contributed by atoms with van der Waals surface area (Å²) in [7, 11) is 0. The van der Waals surface area contributed by atoms with Crippen LogP contribution in [-0.2, 0) is 4.74 Å². The fourth-order valence-electron chi connectivity index (χ4n) is 1.94. The molecule has 5 heteroatoms. The summed E-state index contributed by atoms with van der Waals surface area (Å²) in [6, 6.07) is 1.69. The van der Waals surface area contributed by atoms with Crippen molar-refractivity contribution in [2.45, 2.75) is 45.6 Å². The van der Waals surface area contributed by atoms with Crippen molar-refractivity contribution in [3.05, 3.63) is 22.2 Å². The molecular formula is C14H23N3O2. The third kappa shape index (κ3) is 4.06. The highest BCUT2D eigenvalue weighted by atomic mass is 16.5. The van der Waals surface area contributed by atoms with Gasteiger partial charge in [0.05, 0.1) is 12.6 Å². The summed E-state index contributed by atoms with van der Waals surface area (Å²) in [5, 5.41) is 3.32. The highest BCUT2D eigenvalue weighted by Gasteiger charge is 2.26. The summed E-state index contributed by atoms with van der Waals surface area (Å²) in [4.78, 5) is 19.0. The van der Waals surface area contributed by atoms with Crippen molar-refractivity contribution in [3.8, 4) is 0 Å². The number of H-pyrrole nitrogens is 1. The lowest BCUT2D eigenvalue weighted by atomic mass is 10.1. The minimum atomic E-state index is -0.0849. The molecule has 19 heavy (non-hydrogen) atoms. The number of ether oxygens (including phenoxy) is 1. The lowest BCUT2D eigenvalue weighted by Crippen LogP contribution is -2.32. The van der Waals surface area contributed by atoms with Gasteiger partial charge in [0.1, 0.15) is 11.6 Å². The van der Waals surface area contributed by atoms with Crippen molar-refractivity contribution in [3.63, 3.8) is 0 Å². The Morgan fingerprint density at radius 3 is 2.84 bits per heavy atom. The molecule has 0 aliphatic heterocycles. The van der Waals surface area contributed by atoms with E-state index in [0.717, 1.165) is 18.7 Å². The second kappa shape index (κ2) is 6.19. The van der Waals surface area contributed by atoms with E-state index in [1.807, 2.05) is 6.92 Å². The highest BCUT2D eigenvalue weighted by molar-refractivity contribution is 5.35. The van der Waals surface area contributed by atoms with E-state index in [0.29, 0.717) is 30.9 Å². The SMILES string of the molecule is CCOCC(Nc1cc(=O)[nH]c(C2CC2)n1)C(C)C. The van der Waals surface area contributed by atoms with Crippen LogP contribution in [0.25, 0.3) is 0 Å². The van der Waals surface area contributed by atoms with E-state index in [9.17, 15) is 4.79 Å². The number of anilines is 1. The first kappa shape index (κ1) is 14.1. The van der Waals surface area contributed by atoms with Crippen LogP contribution in [0.3, 0.4) is 0 Å². The van der Waals surface area contributed by atoms with Crippen LogP contribution in [0, 0.1) is 5.92 Å². The molecule has 2 rings (SSSR count). The first-order valence-corrected chi connectivity index (χ1v) is 7.05. The van der Waals surface area contributed by atoms with Crippen molar-refractivity contribution in [1.29, 1.82) is 0 Å². The molecule has 1 fully saturated rings. The highest BCUT2D eigenvalue weighted by Crippen LogP contribution is 2.37. The molecule has 1 aliphatic carbocycles. The van der Waals surface area contributed by atoms with Gasteiger partial charge in [-0.3, -0.25) is 4.79 Å². The summed E-state index contributed by atoms with van der Waals surface area (Å²) < 4.78 is 5.47. The van der Waals surface area contributed by atoms with Gasteiger partial charge in [-0.15, -0.1) is 0 Å². The molecule has 1 heterocycles. The number of aromatic nitrogens is 2. The van der Waals surface area contributed by atoms with Crippen molar-refractivity contribution in [1.82, 2.24) is 9.97 Å². The van der Waals surface area contributed by atoms with E-state index in [4.69, 9.17) is 4.74 Å². The van der Waals surface area contributed by atoms with Gasteiger partial charge in [0.25, 0.3) is 5.56 Å².